The van der Waals surface area contributed by atoms with Crippen molar-refractivity contribution in [1.29, 1.82) is 0 Å². The maximum Gasteiger partial charge on any atom is 0.435 e. The Bertz CT molecular complexity index is 744. The van der Waals surface area contributed by atoms with Crippen molar-refractivity contribution in [1.82, 2.24) is 0 Å². The van der Waals surface area contributed by atoms with E-state index in [4.69, 9.17) is 14.2 Å². The second-order valence-corrected chi connectivity index (χ2v) is 12.0. The van der Waals surface area contributed by atoms with Gasteiger partial charge in [0.25, 0.3) is 0 Å². The number of benzene rings is 1. The van der Waals surface area contributed by atoms with Gasteiger partial charge in [-0.05, 0) is 18.9 Å². The average molecular weight is 571 g/mol. The molecule has 1 aromatic rings. The van der Waals surface area contributed by atoms with Crippen LogP contribution in [0.15, 0.2) is 30.3 Å². The number of hydrogen-bond donors (Lipinski definition) is 1. The Balaban J connectivity index is 2.10. The summed E-state index contributed by atoms with van der Waals surface area (Å²) in [5.74, 6) is 0. The van der Waals surface area contributed by atoms with Gasteiger partial charge in [0.1, 0.15) is 12.7 Å². The Labute approximate surface area is 237 Å². The molecule has 0 radical (unpaired) electrons. The number of ether oxygens (including phenoxy) is 3. The Morgan fingerprint density at radius 3 is 1.79 bits per heavy atom. The molecule has 39 heavy (non-hydrogen) atoms. The van der Waals surface area contributed by atoms with Gasteiger partial charge in [0, 0.05) is 6.61 Å². The molecular formula is C31H55O7P. The van der Waals surface area contributed by atoms with Gasteiger partial charge in [-0.3, -0.25) is 0 Å². The molecule has 7 nitrogen and oxygen atoms in total. The zero-order chi connectivity index (χ0) is 28.4. The largest absolute Gasteiger partial charge is 0.454 e. The summed E-state index contributed by atoms with van der Waals surface area (Å²) in [6.45, 7) is 4.74. The maximum atomic E-state index is 11.9. The molecule has 0 spiro atoms. The lowest BCUT2D eigenvalue weighted by atomic mass is 10.0. The lowest BCUT2D eigenvalue weighted by Crippen LogP contribution is -2.27. The van der Waals surface area contributed by atoms with Crippen LogP contribution in [-0.4, -0.2) is 43.1 Å². The van der Waals surface area contributed by atoms with Crippen LogP contribution in [0.4, 0.5) is 4.79 Å². The predicted octanol–water partition coefficient (Wildman–Crippen LogP) is 9.21. The fourth-order valence-corrected chi connectivity index (χ4v) is 5.07. The summed E-state index contributed by atoms with van der Waals surface area (Å²) < 4.78 is 33.1. The molecule has 1 rings (SSSR count). The molecule has 0 aromatic heterocycles. The van der Waals surface area contributed by atoms with Gasteiger partial charge in [-0.2, -0.15) is 0 Å². The standard InChI is InChI=1S/C31H55O7P/c1-3-5-6-7-8-9-10-11-12-13-14-15-16-17-18-22-25-35-27-30(36-26-29-23-20-19-21-24-29)28-37-31(32)39(33,34)38-4-2/h19-21,23-24,30H,3-18,22,25-28H2,1-2H3,(H,33,34)/t30-/m1/s1. The molecule has 226 valence electrons. The Kier molecular flexibility index (Phi) is 22.5. The average Bonchev–Trinajstić information content (AvgIpc) is 2.93. The lowest BCUT2D eigenvalue weighted by Gasteiger charge is -2.19. The van der Waals surface area contributed by atoms with Crippen molar-refractivity contribution in [2.75, 3.05) is 26.4 Å². The van der Waals surface area contributed by atoms with E-state index in [2.05, 4.69) is 11.4 Å². The highest BCUT2D eigenvalue weighted by Gasteiger charge is 2.33. The van der Waals surface area contributed by atoms with E-state index in [-0.39, 0.29) is 19.8 Å². The van der Waals surface area contributed by atoms with E-state index in [0.717, 1.165) is 18.4 Å². The van der Waals surface area contributed by atoms with E-state index < -0.39 is 19.4 Å². The number of rotatable bonds is 27. The van der Waals surface area contributed by atoms with Crippen LogP contribution in [-0.2, 0) is 29.9 Å². The monoisotopic (exact) mass is 570 g/mol. The summed E-state index contributed by atoms with van der Waals surface area (Å²) in [5, 5.41) is 0. The van der Waals surface area contributed by atoms with Crippen LogP contribution in [0.25, 0.3) is 0 Å². The molecule has 0 fully saturated rings. The quantitative estimate of drug-likeness (QED) is 0.0832. The van der Waals surface area contributed by atoms with Crippen molar-refractivity contribution in [3.8, 4) is 0 Å². The second-order valence-electron chi connectivity index (χ2n) is 10.3. The van der Waals surface area contributed by atoms with Crippen molar-refractivity contribution in [2.24, 2.45) is 0 Å². The number of carbonyl (C=O) groups excluding carboxylic acids is 1. The van der Waals surface area contributed by atoms with Gasteiger partial charge in [0.05, 0.1) is 19.8 Å². The van der Waals surface area contributed by atoms with Crippen LogP contribution in [0, 0.1) is 0 Å². The van der Waals surface area contributed by atoms with Crippen LogP contribution in [0.2, 0.25) is 0 Å². The summed E-state index contributed by atoms with van der Waals surface area (Å²) in [6.07, 6.45) is 20.6. The first-order chi connectivity index (χ1) is 19.0. The first kappa shape index (κ1) is 35.8. The van der Waals surface area contributed by atoms with Gasteiger partial charge < -0.3 is 23.6 Å². The highest BCUT2D eigenvalue weighted by atomic mass is 31.2. The predicted molar refractivity (Wildman–Crippen MR) is 158 cm³/mol. The number of unbranched alkanes of at least 4 members (excludes halogenated alkanes) is 15. The molecular weight excluding hydrogens is 515 g/mol. The highest BCUT2D eigenvalue weighted by Crippen LogP contribution is 2.43. The molecule has 2 atom stereocenters. The third-order valence-corrected chi connectivity index (χ3v) is 7.90. The SMILES string of the molecule is CCCCCCCCCCCCCCCCCCOC[C@H](COC(=O)P(=O)(O)OCC)OCc1ccccc1. The molecule has 0 amide bonds. The van der Waals surface area contributed by atoms with Gasteiger partial charge in [0.2, 0.25) is 0 Å². The van der Waals surface area contributed by atoms with Crippen molar-refractivity contribution >= 4 is 13.3 Å². The first-order valence-corrected chi connectivity index (χ1v) is 16.9. The molecule has 1 N–H and O–H groups in total. The fourth-order valence-electron chi connectivity index (χ4n) is 4.37. The van der Waals surface area contributed by atoms with E-state index in [1.807, 2.05) is 30.3 Å². The van der Waals surface area contributed by atoms with Crippen LogP contribution in [0.5, 0.6) is 0 Å². The Hall–Kier alpha value is -1.24. The molecule has 0 saturated carbocycles. The fraction of sp³-hybridized carbons (Fsp3) is 0.774. The molecule has 0 aliphatic heterocycles. The van der Waals surface area contributed by atoms with Gasteiger partial charge in [0.15, 0.2) is 0 Å². The Morgan fingerprint density at radius 1 is 0.769 bits per heavy atom. The zero-order valence-corrected chi connectivity index (χ0v) is 25.6. The van der Waals surface area contributed by atoms with Crippen LogP contribution in [0.1, 0.15) is 122 Å². The first-order valence-electron chi connectivity index (χ1n) is 15.4. The number of hydrogen-bond acceptors (Lipinski definition) is 6. The van der Waals surface area contributed by atoms with Gasteiger partial charge in [-0.25, -0.2) is 9.36 Å². The van der Waals surface area contributed by atoms with E-state index in [1.165, 1.54) is 96.8 Å². The third kappa shape index (κ3) is 20.3. The van der Waals surface area contributed by atoms with Gasteiger partial charge >= 0.3 is 13.3 Å². The van der Waals surface area contributed by atoms with E-state index in [9.17, 15) is 14.3 Å². The maximum absolute atomic E-state index is 11.9. The van der Waals surface area contributed by atoms with Crippen LogP contribution >= 0.6 is 7.60 Å². The molecule has 0 bridgehead atoms. The highest BCUT2D eigenvalue weighted by molar-refractivity contribution is 7.70. The van der Waals surface area contributed by atoms with E-state index >= 15 is 0 Å². The summed E-state index contributed by atoms with van der Waals surface area (Å²) in [5.41, 5.74) is -0.288. The van der Waals surface area contributed by atoms with Crippen LogP contribution < -0.4 is 0 Å². The van der Waals surface area contributed by atoms with E-state index in [1.54, 1.807) is 0 Å². The van der Waals surface area contributed by atoms with Crippen molar-refractivity contribution in [2.45, 2.75) is 129 Å². The van der Waals surface area contributed by atoms with Crippen molar-refractivity contribution < 1.29 is 33.0 Å². The Morgan fingerprint density at radius 2 is 1.28 bits per heavy atom. The minimum absolute atomic E-state index is 0.0563. The second kappa shape index (κ2) is 24.5. The summed E-state index contributed by atoms with van der Waals surface area (Å²) in [6, 6.07) is 9.66. The topological polar surface area (TPSA) is 91.3 Å². The lowest BCUT2D eigenvalue weighted by molar-refractivity contribution is -0.0511. The molecule has 0 heterocycles. The summed E-state index contributed by atoms with van der Waals surface area (Å²) in [4.78, 5) is 21.5. The number of carbonyl (C=O) groups is 1. The molecule has 1 aromatic carbocycles. The van der Waals surface area contributed by atoms with Gasteiger partial charge in [-0.1, -0.05) is 134 Å². The molecule has 0 saturated heterocycles. The molecule has 8 heteroatoms. The molecule has 0 aliphatic carbocycles. The third-order valence-electron chi connectivity index (χ3n) is 6.70. The van der Waals surface area contributed by atoms with Crippen LogP contribution in [0.3, 0.4) is 0 Å². The summed E-state index contributed by atoms with van der Waals surface area (Å²) in [7, 11) is -4.44. The zero-order valence-electron chi connectivity index (χ0n) is 24.7. The minimum Gasteiger partial charge on any atom is -0.454 e. The molecule has 1 unspecified atom stereocenters. The summed E-state index contributed by atoms with van der Waals surface area (Å²) >= 11 is 0. The smallest absolute Gasteiger partial charge is 0.435 e. The molecule has 0 aliphatic rings. The van der Waals surface area contributed by atoms with Crippen molar-refractivity contribution in [3.63, 3.8) is 0 Å². The van der Waals surface area contributed by atoms with Gasteiger partial charge in [-0.15, -0.1) is 0 Å². The van der Waals surface area contributed by atoms with E-state index in [0.29, 0.717) is 13.2 Å². The minimum atomic E-state index is -4.44. The van der Waals surface area contributed by atoms with Crippen molar-refractivity contribution in [3.05, 3.63) is 35.9 Å². The normalized spacial score (nSPS) is 13.7.